The van der Waals surface area contributed by atoms with Crippen LogP contribution in [0.15, 0.2) is 12.4 Å². The zero-order valence-electron chi connectivity index (χ0n) is 13.4. The molecule has 3 heterocycles. The van der Waals surface area contributed by atoms with Crippen LogP contribution in [0.1, 0.15) is 38.9 Å². The number of imidazole rings is 1. The van der Waals surface area contributed by atoms with E-state index in [4.69, 9.17) is 0 Å². The minimum Gasteiger partial charge on any atom is -0.338 e. The van der Waals surface area contributed by atoms with Gasteiger partial charge in [0.15, 0.2) is 0 Å². The summed E-state index contributed by atoms with van der Waals surface area (Å²) in [5.41, 5.74) is -0.104. The van der Waals surface area contributed by atoms with E-state index in [2.05, 4.69) is 33.2 Å². The number of aromatic nitrogens is 2. The van der Waals surface area contributed by atoms with Gasteiger partial charge < -0.3 is 9.47 Å². The Kier molecular flexibility index (Phi) is 3.78. The van der Waals surface area contributed by atoms with Crippen molar-refractivity contribution in [1.29, 1.82) is 0 Å². The first kappa shape index (κ1) is 14.6. The molecule has 5 heteroatoms. The highest BCUT2D eigenvalue weighted by atomic mass is 16.2. The first-order valence-corrected chi connectivity index (χ1v) is 8.05. The summed E-state index contributed by atoms with van der Waals surface area (Å²) in [6, 6.07) is 0.382. The predicted molar refractivity (Wildman–Crippen MR) is 81.6 cm³/mol. The second kappa shape index (κ2) is 5.44. The number of β-lactam (4-membered cyclic amide) rings is 1. The lowest BCUT2D eigenvalue weighted by atomic mass is 9.71. The second-order valence-corrected chi connectivity index (χ2v) is 6.74. The lowest BCUT2D eigenvalue weighted by Gasteiger charge is -2.55. The molecule has 21 heavy (non-hydrogen) atoms. The van der Waals surface area contributed by atoms with Gasteiger partial charge >= 0.3 is 0 Å². The second-order valence-electron chi connectivity index (χ2n) is 6.74. The number of nitrogens with zero attached hydrogens (tertiary/aromatic N) is 4. The van der Waals surface area contributed by atoms with Gasteiger partial charge in [0.25, 0.3) is 0 Å². The predicted octanol–water partition coefficient (Wildman–Crippen LogP) is 1.64. The monoisotopic (exact) mass is 290 g/mol. The Hall–Kier alpha value is -1.36. The van der Waals surface area contributed by atoms with Crippen molar-refractivity contribution < 1.29 is 4.79 Å². The van der Waals surface area contributed by atoms with Gasteiger partial charge in [-0.1, -0.05) is 6.92 Å². The van der Waals surface area contributed by atoms with Crippen molar-refractivity contribution >= 4 is 5.91 Å². The van der Waals surface area contributed by atoms with Crippen LogP contribution in [0.2, 0.25) is 0 Å². The van der Waals surface area contributed by atoms with Crippen molar-refractivity contribution in [2.45, 2.75) is 45.7 Å². The molecule has 3 rings (SSSR count). The zero-order valence-corrected chi connectivity index (χ0v) is 13.4. The van der Waals surface area contributed by atoms with Gasteiger partial charge in [0.1, 0.15) is 5.82 Å². The normalized spacial score (nSPS) is 28.0. The lowest BCUT2D eigenvalue weighted by molar-refractivity contribution is -0.170. The average Bonchev–Trinajstić information content (AvgIpc) is 2.89. The lowest BCUT2D eigenvalue weighted by Crippen LogP contribution is -2.68. The van der Waals surface area contributed by atoms with Crippen LogP contribution in [0.4, 0.5) is 0 Å². The van der Waals surface area contributed by atoms with Crippen LogP contribution in [-0.4, -0.2) is 50.9 Å². The Morgan fingerprint density at radius 2 is 2.24 bits per heavy atom. The van der Waals surface area contributed by atoms with Gasteiger partial charge in [-0.2, -0.15) is 0 Å². The highest BCUT2D eigenvalue weighted by molar-refractivity contribution is 5.89. The first-order valence-electron chi connectivity index (χ1n) is 8.05. The molecule has 2 saturated heterocycles. The van der Waals surface area contributed by atoms with E-state index in [0.717, 1.165) is 51.3 Å². The highest BCUT2D eigenvalue weighted by Crippen LogP contribution is 2.41. The molecular weight excluding hydrogens is 264 g/mol. The fourth-order valence-corrected chi connectivity index (χ4v) is 3.67. The van der Waals surface area contributed by atoms with Crippen LogP contribution in [0.25, 0.3) is 0 Å². The number of likely N-dealkylation sites (tertiary alicyclic amines) is 2. The van der Waals surface area contributed by atoms with E-state index in [9.17, 15) is 4.79 Å². The topological polar surface area (TPSA) is 41.4 Å². The van der Waals surface area contributed by atoms with Crippen LogP contribution in [0.5, 0.6) is 0 Å². The maximum Gasteiger partial charge on any atom is 0.232 e. The summed E-state index contributed by atoms with van der Waals surface area (Å²) >= 11 is 0. The molecule has 2 aliphatic rings. The Labute approximate surface area is 126 Å². The SMILES string of the molecule is CC[C@@H](C)N1C[C@@]2(CCCN(Cc3nccn3C)C2)C1=O. The van der Waals surface area contributed by atoms with Crippen molar-refractivity contribution in [2.24, 2.45) is 12.5 Å². The molecular formula is C16H26N4O. The Balaban J connectivity index is 1.64. The van der Waals surface area contributed by atoms with Gasteiger partial charge in [-0.25, -0.2) is 4.98 Å². The number of rotatable bonds is 4. The number of piperidine rings is 1. The highest BCUT2D eigenvalue weighted by Gasteiger charge is 2.54. The molecule has 0 bridgehead atoms. The summed E-state index contributed by atoms with van der Waals surface area (Å²) < 4.78 is 2.06. The van der Waals surface area contributed by atoms with E-state index in [1.807, 2.05) is 19.4 Å². The van der Waals surface area contributed by atoms with E-state index < -0.39 is 0 Å². The molecule has 0 saturated carbocycles. The van der Waals surface area contributed by atoms with Crippen LogP contribution < -0.4 is 0 Å². The first-order chi connectivity index (χ1) is 10.1. The van der Waals surface area contributed by atoms with Crippen LogP contribution in [0.3, 0.4) is 0 Å². The summed E-state index contributed by atoms with van der Waals surface area (Å²) in [6.07, 6.45) is 7.03. The number of hydrogen-bond acceptors (Lipinski definition) is 3. The maximum absolute atomic E-state index is 12.6. The number of carbonyl (C=O) groups excluding carboxylic acids is 1. The van der Waals surface area contributed by atoms with E-state index in [1.165, 1.54) is 0 Å². The molecule has 0 unspecified atom stereocenters. The zero-order chi connectivity index (χ0) is 15.0. The summed E-state index contributed by atoms with van der Waals surface area (Å²) in [7, 11) is 2.03. The van der Waals surface area contributed by atoms with E-state index in [1.54, 1.807) is 0 Å². The molecule has 2 aliphatic heterocycles. The maximum atomic E-state index is 12.6. The Bertz CT molecular complexity index is 526. The van der Waals surface area contributed by atoms with Gasteiger partial charge in [0.05, 0.1) is 12.0 Å². The van der Waals surface area contributed by atoms with Crippen molar-refractivity contribution in [3.8, 4) is 0 Å². The average molecular weight is 290 g/mol. The smallest absolute Gasteiger partial charge is 0.232 e. The molecule has 0 aliphatic carbocycles. The van der Waals surface area contributed by atoms with Crippen LogP contribution >= 0.6 is 0 Å². The van der Waals surface area contributed by atoms with Crippen LogP contribution in [0, 0.1) is 5.41 Å². The van der Waals surface area contributed by atoms with Gasteiger partial charge in [-0.3, -0.25) is 9.69 Å². The summed E-state index contributed by atoms with van der Waals surface area (Å²) in [5.74, 6) is 1.46. The number of aryl methyl sites for hydroxylation is 1. The van der Waals surface area contributed by atoms with Crippen molar-refractivity contribution in [3.63, 3.8) is 0 Å². The minimum atomic E-state index is -0.104. The summed E-state index contributed by atoms with van der Waals surface area (Å²) in [6.45, 7) is 8.06. The molecule has 0 aromatic carbocycles. The standard InChI is InChI=1S/C16H26N4O/c1-4-13(2)20-12-16(15(20)21)6-5-8-19(11-16)10-14-17-7-9-18(14)3/h7,9,13H,4-6,8,10-12H2,1-3H3/t13-,16+/m1/s1. The third-order valence-electron chi connectivity index (χ3n) is 5.25. The Morgan fingerprint density at radius 1 is 1.43 bits per heavy atom. The molecule has 1 spiro atoms. The molecule has 2 fully saturated rings. The van der Waals surface area contributed by atoms with Crippen LogP contribution in [-0.2, 0) is 18.4 Å². The van der Waals surface area contributed by atoms with Gasteiger partial charge in [0, 0.05) is 38.6 Å². The number of hydrogen-bond donors (Lipinski definition) is 0. The van der Waals surface area contributed by atoms with E-state index in [-0.39, 0.29) is 5.41 Å². The Morgan fingerprint density at radius 3 is 2.86 bits per heavy atom. The fourth-order valence-electron chi connectivity index (χ4n) is 3.67. The molecule has 1 aromatic rings. The molecule has 116 valence electrons. The largest absolute Gasteiger partial charge is 0.338 e. The van der Waals surface area contributed by atoms with Gasteiger partial charge in [-0.05, 0) is 32.7 Å². The van der Waals surface area contributed by atoms with E-state index >= 15 is 0 Å². The van der Waals surface area contributed by atoms with Crippen molar-refractivity contribution in [1.82, 2.24) is 19.4 Å². The molecule has 0 radical (unpaired) electrons. The molecule has 2 atom stereocenters. The summed E-state index contributed by atoms with van der Waals surface area (Å²) in [4.78, 5) is 21.5. The van der Waals surface area contributed by atoms with Gasteiger partial charge in [-0.15, -0.1) is 0 Å². The molecule has 5 nitrogen and oxygen atoms in total. The van der Waals surface area contributed by atoms with Crippen molar-refractivity contribution in [3.05, 3.63) is 18.2 Å². The molecule has 1 amide bonds. The number of carbonyl (C=O) groups is 1. The third kappa shape index (κ3) is 2.48. The molecule has 0 N–H and O–H groups in total. The van der Waals surface area contributed by atoms with E-state index in [0.29, 0.717) is 11.9 Å². The van der Waals surface area contributed by atoms with Gasteiger partial charge in [0.2, 0.25) is 5.91 Å². The quantitative estimate of drug-likeness (QED) is 0.792. The van der Waals surface area contributed by atoms with Crippen molar-refractivity contribution in [2.75, 3.05) is 19.6 Å². The minimum absolute atomic E-state index is 0.104. The third-order valence-corrected chi connectivity index (χ3v) is 5.25. The fraction of sp³-hybridized carbons (Fsp3) is 0.750. The number of amides is 1. The summed E-state index contributed by atoms with van der Waals surface area (Å²) in [5, 5.41) is 0. The molecule has 1 aromatic heterocycles.